The molecule has 1 N–H and O–H groups in total. The van der Waals surface area contributed by atoms with Crippen molar-refractivity contribution >= 4 is 11.9 Å². The second-order valence-corrected chi connectivity index (χ2v) is 2.22. The van der Waals surface area contributed by atoms with E-state index >= 15 is 0 Å². The third kappa shape index (κ3) is 3.10. The van der Waals surface area contributed by atoms with Gasteiger partial charge in [-0.25, -0.2) is 4.79 Å². The van der Waals surface area contributed by atoms with Crippen LogP contribution in [0.3, 0.4) is 0 Å². The summed E-state index contributed by atoms with van der Waals surface area (Å²) >= 11 is 0. The standard InChI is InChI=1S/C6H9NO4.Na.H/c8-4-6(10)11-7-3-1-2-5(7)9;;/h8H,1-4H2;;/q;+1;-1. The van der Waals surface area contributed by atoms with Crippen LogP contribution in [0.15, 0.2) is 0 Å². The predicted octanol–water partition coefficient (Wildman–Crippen LogP) is -3.82. The smallest absolute Gasteiger partial charge is 1.00 e. The third-order valence-corrected chi connectivity index (χ3v) is 1.37. The number of aliphatic hydroxyl groups excluding tert-OH is 1. The quantitative estimate of drug-likeness (QED) is 0.445. The molecule has 1 saturated heterocycles. The zero-order valence-electron chi connectivity index (χ0n) is 7.95. The second kappa shape index (κ2) is 5.53. The number of carbonyl (C=O) groups is 2. The second-order valence-electron chi connectivity index (χ2n) is 2.22. The molecule has 0 spiro atoms. The van der Waals surface area contributed by atoms with Crippen molar-refractivity contribution in [3.63, 3.8) is 0 Å². The minimum atomic E-state index is -0.791. The molecule has 1 fully saturated rings. The van der Waals surface area contributed by atoms with Gasteiger partial charge in [0.2, 0.25) is 0 Å². The molecule has 64 valence electrons. The van der Waals surface area contributed by atoms with E-state index in [9.17, 15) is 9.59 Å². The van der Waals surface area contributed by atoms with Crippen LogP contribution >= 0.6 is 0 Å². The number of hydrogen-bond donors (Lipinski definition) is 1. The molecule has 0 aromatic carbocycles. The van der Waals surface area contributed by atoms with Gasteiger partial charge < -0.3 is 11.4 Å². The Morgan fingerprint density at radius 1 is 1.75 bits per heavy atom. The van der Waals surface area contributed by atoms with Crippen molar-refractivity contribution in [2.24, 2.45) is 0 Å². The van der Waals surface area contributed by atoms with Gasteiger partial charge in [-0.1, -0.05) is 0 Å². The monoisotopic (exact) mass is 183 g/mol. The summed E-state index contributed by atoms with van der Waals surface area (Å²) in [5.41, 5.74) is 0. The average molecular weight is 183 g/mol. The van der Waals surface area contributed by atoms with Gasteiger partial charge in [0.15, 0.2) is 0 Å². The van der Waals surface area contributed by atoms with Gasteiger partial charge in [0, 0.05) is 6.42 Å². The summed E-state index contributed by atoms with van der Waals surface area (Å²) in [6.07, 6.45) is 1.12. The van der Waals surface area contributed by atoms with Crippen LogP contribution in [0.2, 0.25) is 0 Å². The van der Waals surface area contributed by atoms with Crippen molar-refractivity contribution in [3.05, 3.63) is 0 Å². The maximum atomic E-state index is 10.8. The van der Waals surface area contributed by atoms with Crippen molar-refractivity contribution in [2.45, 2.75) is 12.8 Å². The van der Waals surface area contributed by atoms with Crippen molar-refractivity contribution in [3.8, 4) is 0 Å². The third-order valence-electron chi connectivity index (χ3n) is 1.37. The molecule has 0 bridgehead atoms. The summed E-state index contributed by atoms with van der Waals surface area (Å²) in [4.78, 5) is 25.7. The first-order valence-electron chi connectivity index (χ1n) is 3.36. The molecule has 1 aliphatic heterocycles. The fraction of sp³-hybridized carbons (Fsp3) is 0.667. The Bertz CT molecular complexity index is 189. The Morgan fingerprint density at radius 2 is 2.42 bits per heavy atom. The fourth-order valence-corrected chi connectivity index (χ4v) is 0.872. The van der Waals surface area contributed by atoms with Crippen LogP contribution in [-0.4, -0.2) is 35.2 Å². The van der Waals surface area contributed by atoms with E-state index in [4.69, 9.17) is 5.11 Å². The molecule has 12 heavy (non-hydrogen) atoms. The van der Waals surface area contributed by atoms with E-state index < -0.39 is 12.6 Å². The number of nitrogens with zero attached hydrogens (tertiary/aromatic N) is 1. The van der Waals surface area contributed by atoms with E-state index in [1.807, 2.05) is 0 Å². The van der Waals surface area contributed by atoms with Gasteiger partial charge in [0.25, 0.3) is 5.91 Å². The Labute approximate surface area is 93.4 Å². The molecule has 1 amide bonds. The van der Waals surface area contributed by atoms with E-state index in [0.717, 1.165) is 5.06 Å². The van der Waals surface area contributed by atoms with Gasteiger partial charge in [0.1, 0.15) is 6.61 Å². The molecule has 0 aliphatic carbocycles. The minimum absolute atomic E-state index is 0. The molecule has 0 aromatic rings. The SMILES string of the molecule is O=C(CO)ON1CCCC1=O.[H-].[Na+]. The Morgan fingerprint density at radius 3 is 2.83 bits per heavy atom. The molecule has 0 unspecified atom stereocenters. The molecule has 0 radical (unpaired) electrons. The maximum Gasteiger partial charge on any atom is 1.00 e. The van der Waals surface area contributed by atoms with Crippen LogP contribution in [0.1, 0.15) is 14.3 Å². The van der Waals surface area contributed by atoms with Crippen molar-refractivity contribution in [1.82, 2.24) is 5.06 Å². The number of rotatable bonds is 2. The van der Waals surface area contributed by atoms with Gasteiger partial charge in [0.05, 0.1) is 6.54 Å². The molecule has 5 nitrogen and oxygen atoms in total. The summed E-state index contributed by atoms with van der Waals surface area (Å²) in [7, 11) is 0. The summed E-state index contributed by atoms with van der Waals surface area (Å²) in [6.45, 7) is -0.256. The predicted molar refractivity (Wildman–Crippen MR) is 35.2 cm³/mol. The maximum absolute atomic E-state index is 10.8. The molecule has 0 aromatic heterocycles. The molecule has 0 atom stereocenters. The largest absolute Gasteiger partial charge is 1.00 e. The van der Waals surface area contributed by atoms with E-state index in [2.05, 4.69) is 4.84 Å². The molecule has 1 heterocycles. The van der Waals surface area contributed by atoms with E-state index in [1.54, 1.807) is 0 Å². The van der Waals surface area contributed by atoms with Gasteiger partial charge in [-0.05, 0) is 6.42 Å². The van der Waals surface area contributed by atoms with Gasteiger partial charge in [-0.15, -0.1) is 0 Å². The number of amides is 1. The number of aliphatic hydroxyl groups is 1. The number of hydroxylamine groups is 2. The molecule has 1 rings (SSSR count). The average Bonchev–Trinajstić information content (AvgIpc) is 2.37. The first kappa shape index (κ1) is 11.9. The van der Waals surface area contributed by atoms with Gasteiger partial charge >= 0.3 is 35.5 Å². The van der Waals surface area contributed by atoms with Crippen molar-refractivity contribution in [1.29, 1.82) is 0 Å². The number of carbonyl (C=O) groups excluding carboxylic acids is 2. The van der Waals surface area contributed by atoms with Gasteiger partial charge in [-0.3, -0.25) is 4.79 Å². The van der Waals surface area contributed by atoms with Crippen LogP contribution in [-0.2, 0) is 14.4 Å². The Balaban J connectivity index is 0. The topological polar surface area (TPSA) is 66.8 Å². The van der Waals surface area contributed by atoms with E-state index in [1.165, 1.54) is 0 Å². The summed E-state index contributed by atoms with van der Waals surface area (Å²) in [5.74, 6) is -0.993. The zero-order chi connectivity index (χ0) is 8.27. The molecular weight excluding hydrogens is 173 g/mol. The normalized spacial score (nSPS) is 15.8. The van der Waals surface area contributed by atoms with Gasteiger partial charge in [-0.2, -0.15) is 5.06 Å². The Kier molecular flexibility index (Phi) is 5.48. The summed E-state index contributed by atoms with van der Waals surface area (Å²) < 4.78 is 0. The number of hydrogen-bond acceptors (Lipinski definition) is 4. The molecular formula is C6H10NNaO4. The Hall–Kier alpha value is -0.100. The van der Waals surface area contributed by atoms with Crippen LogP contribution in [0.25, 0.3) is 0 Å². The summed E-state index contributed by atoms with van der Waals surface area (Å²) in [5, 5.41) is 9.25. The zero-order valence-corrected chi connectivity index (χ0v) is 8.95. The van der Waals surface area contributed by atoms with Crippen LogP contribution < -0.4 is 29.6 Å². The minimum Gasteiger partial charge on any atom is -1.00 e. The van der Waals surface area contributed by atoms with Crippen LogP contribution in [0, 0.1) is 0 Å². The fourth-order valence-electron chi connectivity index (χ4n) is 0.872. The molecule has 6 heteroatoms. The van der Waals surface area contributed by atoms with Crippen molar-refractivity contribution < 1.29 is 50.5 Å². The molecule has 0 saturated carbocycles. The first-order valence-corrected chi connectivity index (χ1v) is 3.36. The van der Waals surface area contributed by atoms with E-state index in [-0.39, 0.29) is 36.9 Å². The molecule has 1 aliphatic rings. The van der Waals surface area contributed by atoms with E-state index in [0.29, 0.717) is 19.4 Å². The first-order chi connectivity index (χ1) is 5.24. The van der Waals surface area contributed by atoms with Crippen LogP contribution in [0.4, 0.5) is 0 Å². The summed E-state index contributed by atoms with van der Waals surface area (Å²) in [6, 6.07) is 0. The van der Waals surface area contributed by atoms with Crippen LogP contribution in [0.5, 0.6) is 0 Å². The van der Waals surface area contributed by atoms with Crippen molar-refractivity contribution in [2.75, 3.05) is 13.2 Å².